The van der Waals surface area contributed by atoms with Gasteiger partial charge in [-0.05, 0) is 72.9 Å². The SMILES string of the molecule is Nc1ccc(C2CCC(c3ccc(O)cc3)CC2)cc1. The molecule has 2 aromatic rings. The van der Waals surface area contributed by atoms with Crippen molar-refractivity contribution in [2.75, 3.05) is 5.73 Å². The Kier molecular flexibility index (Phi) is 3.64. The molecule has 1 aliphatic rings. The van der Waals surface area contributed by atoms with Crippen LogP contribution >= 0.6 is 0 Å². The quantitative estimate of drug-likeness (QED) is 0.791. The van der Waals surface area contributed by atoms with Gasteiger partial charge in [-0.25, -0.2) is 0 Å². The monoisotopic (exact) mass is 267 g/mol. The van der Waals surface area contributed by atoms with Crippen molar-refractivity contribution in [1.29, 1.82) is 0 Å². The van der Waals surface area contributed by atoms with E-state index < -0.39 is 0 Å². The molecule has 2 nitrogen and oxygen atoms in total. The van der Waals surface area contributed by atoms with Gasteiger partial charge in [0.15, 0.2) is 0 Å². The van der Waals surface area contributed by atoms with E-state index in [2.05, 4.69) is 24.3 Å². The Balaban J connectivity index is 1.64. The predicted octanol–water partition coefficient (Wildman–Crippen LogP) is 4.42. The highest BCUT2D eigenvalue weighted by Gasteiger charge is 2.23. The fourth-order valence-corrected chi connectivity index (χ4v) is 3.27. The smallest absolute Gasteiger partial charge is 0.115 e. The molecule has 1 aliphatic carbocycles. The fraction of sp³-hybridized carbons (Fsp3) is 0.333. The molecule has 104 valence electrons. The average molecular weight is 267 g/mol. The Morgan fingerprint density at radius 2 is 1.10 bits per heavy atom. The van der Waals surface area contributed by atoms with Crippen LogP contribution in [-0.2, 0) is 0 Å². The van der Waals surface area contributed by atoms with Crippen LogP contribution in [0.2, 0.25) is 0 Å². The molecule has 0 aliphatic heterocycles. The van der Waals surface area contributed by atoms with Crippen molar-refractivity contribution in [2.24, 2.45) is 0 Å². The standard InChI is InChI=1S/C18H21NO/c19-17-9-5-15(6-10-17)13-1-3-14(4-2-13)16-7-11-18(20)12-8-16/h5-14,20H,1-4,19H2. The lowest BCUT2D eigenvalue weighted by Gasteiger charge is -2.29. The number of phenols is 1. The molecule has 0 amide bonds. The minimum atomic E-state index is 0.351. The largest absolute Gasteiger partial charge is 0.508 e. The fourth-order valence-electron chi connectivity index (χ4n) is 3.27. The van der Waals surface area contributed by atoms with E-state index in [1.165, 1.54) is 36.8 Å². The highest BCUT2D eigenvalue weighted by atomic mass is 16.3. The van der Waals surface area contributed by atoms with Crippen LogP contribution in [0.5, 0.6) is 5.75 Å². The molecule has 0 radical (unpaired) electrons. The third kappa shape index (κ3) is 2.79. The van der Waals surface area contributed by atoms with Crippen LogP contribution in [0.1, 0.15) is 48.6 Å². The summed E-state index contributed by atoms with van der Waals surface area (Å²) in [4.78, 5) is 0. The van der Waals surface area contributed by atoms with E-state index in [9.17, 15) is 5.11 Å². The normalized spacial score (nSPS) is 22.6. The van der Waals surface area contributed by atoms with Gasteiger partial charge in [-0.2, -0.15) is 0 Å². The molecule has 1 saturated carbocycles. The molecule has 0 spiro atoms. The summed E-state index contributed by atoms with van der Waals surface area (Å²) >= 11 is 0. The van der Waals surface area contributed by atoms with Gasteiger partial charge in [0.1, 0.15) is 5.75 Å². The lowest BCUT2D eigenvalue weighted by molar-refractivity contribution is 0.396. The maximum Gasteiger partial charge on any atom is 0.115 e. The van der Waals surface area contributed by atoms with Crippen LogP contribution in [0, 0.1) is 0 Å². The van der Waals surface area contributed by atoms with Crippen LogP contribution in [0.25, 0.3) is 0 Å². The summed E-state index contributed by atoms with van der Waals surface area (Å²) in [5.41, 5.74) is 9.36. The summed E-state index contributed by atoms with van der Waals surface area (Å²) in [6.45, 7) is 0. The Hall–Kier alpha value is -1.96. The number of nitrogens with two attached hydrogens (primary N) is 1. The minimum Gasteiger partial charge on any atom is -0.508 e. The third-order valence-electron chi connectivity index (χ3n) is 4.50. The first-order chi connectivity index (χ1) is 9.72. The zero-order valence-corrected chi connectivity index (χ0v) is 11.6. The summed E-state index contributed by atoms with van der Waals surface area (Å²) < 4.78 is 0. The van der Waals surface area contributed by atoms with Gasteiger partial charge in [-0.3, -0.25) is 0 Å². The first-order valence-electron chi connectivity index (χ1n) is 7.37. The summed E-state index contributed by atoms with van der Waals surface area (Å²) in [7, 11) is 0. The van der Waals surface area contributed by atoms with Gasteiger partial charge in [-0.1, -0.05) is 24.3 Å². The van der Waals surface area contributed by atoms with Gasteiger partial charge in [0, 0.05) is 5.69 Å². The van der Waals surface area contributed by atoms with E-state index >= 15 is 0 Å². The molecular formula is C18H21NO. The van der Waals surface area contributed by atoms with E-state index in [0.717, 1.165) is 5.69 Å². The van der Waals surface area contributed by atoms with E-state index in [-0.39, 0.29) is 0 Å². The molecular weight excluding hydrogens is 246 g/mol. The van der Waals surface area contributed by atoms with E-state index in [1.54, 1.807) is 12.1 Å². The van der Waals surface area contributed by atoms with Crippen LogP contribution in [0.15, 0.2) is 48.5 Å². The molecule has 0 atom stereocenters. The minimum absolute atomic E-state index is 0.351. The second-order valence-corrected chi connectivity index (χ2v) is 5.81. The number of nitrogen functional groups attached to an aromatic ring is 1. The number of rotatable bonds is 2. The van der Waals surface area contributed by atoms with Crippen molar-refractivity contribution in [2.45, 2.75) is 37.5 Å². The summed E-state index contributed by atoms with van der Waals surface area (Å²) in [6, 6.07) is 16.0. The third-order valence-corrected chi connectivity index (χ3v) is 4.50. The Labute approximate surface area is 120 Å². The van der Waals surface area contributed by atoms with Crippen molar-refractivity contribution in [3.8, 4) is 5.75 Å². The van der Waals surface area contributed by atoms with Gasteiger partial charge in [0.2, 0.25) is 0 Å². The number of anilines is 1. The van der Waals surface area contributed by atoms with E-state index in [1.807, 2.05) is 12.1 Å². The maximum atomic E-state index is 9.36. The first-order valence-corrected chi connectivity index (χ1v) is 7.37. The molecule has 3 rings (SSSR count). The second kappa shape index (κ2) is 5.58. The molecule has 3 N–H and O–H groups in total. The summed E-state index contributed by atoms with van der Waals surface area (Å²) in [6.07, 6.45) is 4.91. The van der Waals surface area contributed by atoms with Crippen molar-refractivity contribution < 1.29 is 5.11 Å². The topological polar surface area (TPSA) is 46.2 Å². The zero-order valence-electron chi connectivity index (χ0n) is 11.6. The van der Waals surface area contributed by atoms with Crippen LogP contribution < -0.4 is 5.73 Å². The first kappa shape index (κ1) is 13.0. The highest BCUT2D eigenvalue weighted by Crippen LogP contribution is 2.40. The van der Waals surface area contributed by atoms with Gasteiger partial charge in [0.25, 0.3) is 0 Å². The second-order valence-electron chi connectivity index (χ2n) is 5.81. The van der Waals surface area contributed by atoms with Gasteiger partial charge >= 0.3 is 0 Å². The lowest BCUT2D eigenvalue weighted by atomic mass is 9.76. The Bertz CT molecular complexity index is 497. The maximum absolute atomic E-state index is 9.36. The van der Waals surface area contributed by atoms with Crippen molar-refractivity contribution in [1.82, 2.24) is 0 Å². The number of hydrogen-bond donors (Lipinski definition) is 2. The molecule has 2 heteroatoms. The van der Waals surface area contributed by atoms with Crippen LogP contribution in [-0.4, -0.2) is 5.11 Å². The van der Waals surface area contributed by atoms with Crippen LogP contribution in [0.3, 0.4) is 0 Å². The van der Waals surface area contributed by atoms with E-state index in [4.69, 9.17) is 5.73 Å². The number of phenolic OH excluding ortho intramolecular Hbond substituents is 1. The molecule has 0 heterocycles. The van der Waals surface area contributed by atoms with Crippen molar-refractivity contribution in [3.63, 3.8) is 0 Å². The van der Waals surface area contributed by atoms with Gasteiger partial charge in [0.05, 0.1) is 0 Å². The molecule has 0 unspecified atom stereocenters. The number of benzene rings is 2. The lowest BCUT2D eigenvalue weighted by Crippen LogP contribution is -2.12. The van der Waals surface area contributed by atoms with Gasteiger partial charge in [-0.15, -0.1) is 0 Å². The Morgan fingerprint density at radius 3 is 1.55 bits per heavy atom. The Morgan fingerprint density at radius 1 is 0.700 bits per heavy atom. The molecule has 0 bridgehead atoms. The van der Waals surface area contributed by atoms with Gasteiger partial charge < -0.3 is 10.8 Å². The highest BCUT2D eigenvalue weighted by molar-refractivity contribution is 5.40. The molecule has 20 heavy (non-hydrogen) atoms. The molecule has 0 aromatic heterocycles. The summed E-state index contributed by atoms with van der Waals surface area (Å²) in [5.74, 6) is 1.66. The summed E-state index contributed by atoms with van der Waals surface area (Å²) in [5, 5.41) is 9.36. The van der Waals surface area contributed by atoms with E-state index in [0.29, 0.717) is 17.6 Å². The van der Waals surface area contributed by atoms with Crippen molar-refractivity contribution in [3.05, 3.63) is 59.7 Å². The zero-order chi connectivity index (χ0) is 13.9. The predicted molar refractivity (Wildman–Crippen MR) is 82.9 cm³/mol. The van der Waals surface area contributed by atoms with Crippen molar-refractivity contribution >= 4 is 5.69 Å². The molecule has 2 aromatic carbocycles. The number of aromatic hydroxyl groups is 1. The van der Waals surface area contributed by atoms with Crippen LogP contribution in [0.4, 0.5) is 5.69 Å². The molecule has 0 saturated heterocycles. The average Bonchev–Trinajstić information content (AvgIpc) is 2.49. The molecule has 1 fully saturated rings. The number of hydrogen-bond acceptors (Lipinski definition) is 2.